The zero-order valence-corrected chi connectivity index (χ0v) is 14.1. The first kappa shape index (κ1) is 16.0. The highest BCUT2D eigenvalue weighted by molar-refractivity contribution is 9.10. The molecule has 1 aromatic carbocycles. The van der Waals surface area contributed by atoms with E-state index in [2.05, 4.69) is 15.9 Å². The second-order valence-corrected chi connectivity index (χ2v) is 6.05. The number of carbonyl (C=O) groups is 2. The monoisotopic (exact) mass is 355 g/mol. The van der Waals surface area contributed by atoms with Crippen molar-refractivity contribution in [3.8, 4) is 0 Å². The van der Waals surface area contributed by atoms with Crippen molar-refractivity contribution in [2.24, 2.45) is 0 Å². The smallest absolute Gasteiger partial charge is 0.339 e. The van der Waals surface area contributed by atoms with Crippen molar-refractivity contribution in [2.75, 3.05) is 32.3 Å². The number of benzene rings is 1. The number of fused-ring (bicyclic) bond motifs is 1. The molecule has 1 unspecified atom stereocenters. The van der Waals surface area contributed by atoms with Crippen LogP contribution in [0.5, 0.6) is 0 Å². The van der Waals surface area contributed by atoms with Crippen LogP contribution in [0.15, 0.2) is 16.6 Å². The Morgan fingerprint density at radius 3 is 2.67 bits per heavy atom. The third-order valence-electron chi connectivity index (χ3n) is 3.75. The molecule has 2 rings (SSSR count). The highest BCUT2D eigenvalue weighted by atomic mass is 79.9. The standard InChI is InChI=1S/C15H18BrNO4/c1-5-21-13(18)9-6-12-10(7-11(9)16)15(2,8-20-4)14(19)17(12)3/h6-7H,5,8H2,1-4H3. The molecule has 1 aliphatic rings. The number of likely N-dealkylation sites (N-methyl/N-ethyl adjacent to an activating group) is 1. The topological polar surface area (TPSA) is 55.8 Å². The fourth-order valence-electron chi connectivity index (χ4n) is 2.67. The number of halogens is 1. The molecule has 5 nitrogen and oxygen atoms in total. The van der Waals surface area contributed by atoms with Crippen LogP contribution in [0.1, 0.15) is 29.8 Å². The lowest BCUT2D eigenvalue weighted by molar-refractivity contribution is -0.124. The number of amides is 1. The molecule has 0 aliphatic carbocycles. The van der Waals surface area contributed by atoms with Crippen LogP contribution in [-0.2, 0) is 19.7 Å². The fraction of sp³-hybridized carbons (Fsp3) is 0.467. The van der Waals surface area contributed by atoms with Crippen LogP contribution in [0.25, 0.3) is 0 Å². The van der Waals surface area contributed by atoms with Crippen LogP contribution in [0.4, 0.5) is 5.69 Å². The van der Waals surface area contributed by atoms with E-state index >= 15 is 0 Å². The van der Waals surface area contributed by atoms with Crippen LogP contribution in [-0.4, -0.2) is 39.2 Å². The molecule has 114 valence electrons. The summed E-state index contributed by atoms with van der Waals surface area (Å²) in [5.41, 5.74) is 1.23. The number of hydrogen-bond donors (Lipinski definition) is 0. The van der Waals surface area contributed by atoms with Crippen molar-refractivity contribution in [3.63, 3.8) is 0 Å². The number of ether oxygens (including phenoxy) is 2. The summed E-state index contributed by atoms with van der Waals surface area (Å²) in [6.07, 6.45) is 0. The molecule has 0 aromatic heterocycles. The molecule has 0 saturated carbocycles. The van der Waals surface area contributed by atoms with Crippen molar-refractivity contribution in [1.29, 1.82) is 0 Å². The van der Waals surface area contributed by atoms with E-state index in [-0.39, 0.29) is 12.5 Å². The van der Waals surface area contributed by atoms with Gasteiger partial charge in [-0.2, -0.15) is 0 Å². The fourth-order valence-corrected chi connectivity index (χ4v) is 3.17. The lowest BCUT2D eigenvalue weighted by Gasteiger charge is -2.22. The van der Waals surface area contributed by atoms with Gasteiger partial charge in [-0.3, -0.25) is 4.79 Å². The third kappa shape index (κ3) is 2.46. The van der Waals surface area contributed by atoms with Gasteiger partial charge in [0, 0.05) is 24.3 Å². The SMILES string of the molecule is CCOC(=O)c1cc2c(cc1Br)C(C)(COC)C(=O)N2C. The summed E-state index contributed by atoms with van der Waals surface area (Å²) in [5.74, 6) is -0.458. The second kappa shape index (κ2) is 5.77. The van der Waals surface area contributed by atoms with E-state index in [0.29, 0.717) is 22.3 Å². The van der Waals surface area contributed by atoms with Gasteiger partial charge in [0.2, 0.25) is 5.91 Å². The van der Waals surface area contributed by atoms with Crippen molar-refractivity contribution in [3.05, 3.63) is 27.7 Å². The van der Waals surface area contributed by atoms with Gasteiger partial charge in [0.1, 0.15) is 0 Å². The van der Waals surface area contributed by atoms with Crippen LogP contribution >= 0.6 is 15.9 Å². The Morgan fingerprint density at radius 1 is 1.43 bits per heavy atom. The molecule has 1 aromatic rings. The largest absolute Gasteiger partial charge is 0.462 e. The van der Waals surface area contributed by atoms with Crippen molar-refractivity contribution < 1.29 is 19.1 Å². The molecule has 0 radical (unpaired) electrons. The first-order valence-corrected chi connectivity index (χ1v) is 7.44. The van der Waals surface area contributed by atoms with Crippen molar-refractivity contribution in [2.45, 2.75) is 19.3 Å². The van der Waals surface area contributed by atoms with Gasteiger partial charge in [0.05, 0.1) is 24.2 Å². The maximum absolute atomic E-state index is 12.5. The molecule has 1 heterocycles. The lowest BCUT2D eigenvalue weighted by Crippen LogP contribution is -2.39. The molecule has 21 heavy (non-hydrogen) atoms. The molecule has 0 saturated heterocycles. The molecule has 1 amide bonds. The molecule has 0 bridgehead atoms. The molecule has 1 atom stereocenters. The quantitative estimate of drug-likeness (QED) is 0.778. The third-order valence-corrected chi connectivity index (χ3v) is 4.40. The Hall–Kier alpha value is -1.40. The zero-order chi connectivity index (χ0) is 15.8. The Labute approximate surface area is 132 Å². The molecule has 0 spiro atoms. The molecule has 6 heteroatoms. The summed E-state index contributed by atoms with van der Waals surface area (Å²) < 4.78 is 10.9. The van der Waals surface area contributed by atoms with E-state index in [1.807, 2.05) is 13.0 Å². The maximum atomic E-state index is 12.5. The normalized spacial score (nSPS) is 20.6. The molecular formula is C15H18BrNO4. The number of anilines is 1. The number of hydrogen-bond acceptors (Lipinski definition) is 4. The first-order valence-electron chi connectivity index (χ1n) is 6.65. The number of methoxy groups -OCH3 is 1. The van der Waals surface area contributed by atoms with Crippen LogP contribution in [0.2, 0.25) is 0 Å². The van der Waals surface area contributed by atoms with Crippen molar-refractivity contribution >= 4 is 33.5 Å². The van der Waals surface area contributed by atoms with Gasteiger partial charge >= 0.3 is 5.97 Å². The van der Waals surface area contributed by atoms with E-state index < -0.39 is 11.4 Å². The summed E-state index contributed by atoms with van der Waals surface area (Å²) in [7, 11) is 3.27. The Kier molecular flexibility index (Phi) is 4.39. The summed E-state index contributed by atoms with van der Waals surface area (Å²) in [5, 5.41) is 0. The number of esters is 1. The predicted octanol–water partition coefficient (Wildman–Crippen LogP) is 2.51. The van der Waals surface area contributed by atoms with Gasteiger partial charge in [-0.05, 0) is 47.5 Å². The highest BCUT2D eigenvalue weighted by Gasteiger charge is 2.46. The average molecular weight is 356 g/mol. The minimum Gasteiger partial charge on any atom is -0.462 e. The van der Waals surface area contributed by atoms with Gasteiger partial charge in [0.25, 0.3) is 0 Å². The summed E-state index contributed by atoms with van der Waals surface area (Å²) in [6, 6.07) is 3.50. The van der Waals surface area contributed by atoms with E-state index in [9.17, 15) is 9.59 Å². The van der Waals surface area contributed by atoms with Gasteiger partial charge in [-0.15, -0.1) is 0 Å². The van der Waals surface area contributed by atoms with E-state index in [1.165, 1.54) is 0 Å². The molecule has 0 fully saturated rings. The Balaban J connectivity index is 2.56. The predicted molar refractivity (Wildman–Crippen MR) is 82.7 cm³/mol. The maximum Gasteiger partial charge on any atom is 0.339 e. The van der Waals surface area contributed by atoms with Crippen LogP contribution < -0.4 is 4.90 Å². The highest BCUT2D eigenvalue weighted by Crippen LogP contribution is 2.43. The lowest BCUT2D eigenvalue weighted by atomic mass is 9.84. The minimum atomic E-state index is -0.742. The van der Waals surface area contributed by atoms with Crippen LogP contribution in [0.3, 0.4) is 0 Å². The Morgan fingerprint density at radius 2 is 2.10 bits per heavy atom. The Bertz CT molecular complexity index is 602. The summed E-state index contributed by atoms with van der Waals surface area (Å²) in [6.45, 7) is 4.19. The first-order chi connectivity index (χ1) is 9.86. The van der Waals surface area contributed by atoms with Gasteiger partial charge < -0.3 is 14.4 Å². The summed E-state index contributed by atoms with van der Waals surface area (Å²) >= 11 is 3.39. The second-order valence-electron chi connectivity index (χ2n) is 5.20. The molecular weight excluding hydrogens is 338 g/mol. The number of rotatable bonds is 4. The molecule has 1 aliphatic heterocycles. The number of carbonyl (C=O) groups excluding carboxylic acids is 2. The van der Waals surface area contributed by atoms with Gasteiger partial charge in [-0.25, -0.2) is 4.79 Å². The van der Waals surface area contributed by atoms with E-state index in [0.717, 1.165) is 5.56 Å². The summed E-state index contributed by atoms with van der Waals surface area (Å²) in [4.78, 5) is 26.0. The zero-order valence-electron chi connectivity index (χ0n) is 12.5. The van der Waals surface area contributed by atoms with Gasteiger partial charge in [0.15, 0.2) is 0 Å². The minimum absolute atomic E-state index is 0.0488. The molecule has 0 N–H and O–H groups in total. The number of nitrogens with zero attached hydrogens (tertiary/aromatic N) is 1. The van der Waals surface area contributed by atoms with E-state index in [4.69, 9.17) is 9.47 Å². The van der Waals surface area contributed by atoms with Crippen LogP contribution in [0, 0.1) is 0 Å². The average Bonchev–Trinajstić information content (AvgIpc) is 2.61. The van der Waals surface area contributed by atoms with Gasteiger partial charge in [-0.1, -0.05) is 0 Å². The van der Waals surface area contributed by atoms with E-state index in [1.54, 1.807) is 32.0 Å². The van der Waals surface area contributed by atoms with Crippen molar-refractivity contribution in [1.82, 2.24) is 0 Å².